The third kappa shape index (κ3) is 3.51. The van der Waals surface area contributed by atoms with Crippen molar-refractivity contribution in [3.8, 4) is 0 Å². The molecule has 1 fully saturated rings. The first-order valence-electron chi connectivity index (χ1n) is 5.23. The van der Waals surface area contributed by atoms with Crippen molar-refractivity contribution in [2.45, 2.75) is 25.8 Å². The summed E-state index contributed by atoms with van der Waals surface area (Å²) in [6, 6.07) is 0.828. The lowest BCUT2D eigenvalue weighted by molar-refractivity contribution is 0.282. The maximum absolute atomic E-state index is 5.25. The fraction of sp³-hybridized carbons (Fsp3) is 0.889. The van der Waals surface area contributed by atoms with Gasteiger partial charge >= 0.3 is 0 Å². The van der Waals surface area contributed by atoms with Gasteiger partial charge in [0, 0.05) is 26.2 Å². The number of aliphatic imine (C=N–C) groups is 1. The number of rotatable bonds is 5. The van der Waals surface area contributed by atoms with Gasteiger partial charge in [0.1, 0.15) is 0 Å². The molecule has 4 N–H and O–H groups in total. The number of guanidine groups is 1. The Morgan fingerprint density at radius 2 is 2.29 bits per heavy atom. The van der Waals surface area contributed by atoms with Crippen molar-refractivity contribution in [3.05, 3.63) is 0 Å². The van der Waals surface area contributed by atoms with Crippen LogP contribution in [0, 0.1) is 0 Å². The molecular weight excluding hydrogens is 178 g/mol. The third-order valence-electron chi connectivity index (χ3n) is 2.52. The second-order valence-electron chi connectivity index (χ2n) is 3.50. The number of hydrogen-bond donors (Lipinski definition) is 3. The topological polar surface area (TPSA) is 65.7 Å². The molecule has 0 heterocycles. The Hall–Kier alpha value is -0.810. The van der Waals surface area contributed by atoms with Crippen LogP contribution in [0.3, 0.4) is 0 Å². The number of nitrogens with two attached hydrogens (primary N) is 1. The zero-order chi connectivity index (χ0) is 10.4. The molecule has 0 unspecified atom stereocenters. The molecule has 0 spiro atoms. The Kier molecular flexibility index (Phi) is 4.69. The van der Waals surface area contributed by atoms with Crippen LogP contribution in [0.25, 0.3) is 0 Å². The number of hydrogen-bond acceptors (Lipinski definition) is 3. The average Bonchev–Trinajstić information content (AvgIpc) is 3.02. The van der Waals surface area contributed by atoms with Gasteiger partial charge in [-0.3, -0.25) is 15.3 Å². The summed E-state index contributed by atoms with van der Waals surface area (Å²) in [7, 11) is 1.71. The van der Waals surface area contributed by atoms with E-state index in [0.29, 0.717) is 5.96 Å². The van der Waals surface area contributed by atoms with Crippen molar-refractivity contribution in [1.29, 1.82) is 0 Å². The SMILES string of the molecule is CCN(CCNC(=NC)NN)C1CC1. The monoisotopic (exact) mass is 199 g/mol. The molecule has 1 aliphatic carbocycles. The van der Waals surface area contributed by atoms with Crippen LogP contribution < -0.4 is 16.6 Å². The van der Waals surface area contributed by atoms with Gasteiger partial charge in [0.25, 0.3) is 0 Å². The van der Waals surface area contributed by atoms with Crippen molar-refractivity contribution in [2.24, 2.45) is 10.8 Å². The van der Waals surface area contributed by atoms with E-state index in [1.807, 2.05) is 0 Å². The highest BCUT2D eigenvalue weighted by Crippen LogP contribution is 2.25. The zero-order valence-electron chi connectivity index (χ0n) is 9.08. The first-order chi connectivity index (χ1) is 6.81. The van der Waals surface area contributed by atoms with Crippen LogP contribution in [-0.2, 0) is 0 Å². The number of nitrogens with zero attached hydrogens (tertiary/aromatic N) is 2. The Bertz CT molecular complexity index is 188. The predicted octanol–water partition coefficient (Wildman–Crippen LogP) is -0.491. The van der Waals surface area contributed by atoms with E-state index in [-0.39, 0.29) is 0 Å². The van der Waals surface area contributed by atoms with Crippen LogP contribution in [0.1, 0.15) is 19.8 Å². The van der Waals surface area contributed by atoms with Crippen LogP contribution in [0.5, 0.6) is 0 Å². The first kappa shape index (κ1) is 11.3. The van der Waals surface area contributed by atoms with E-state index in [2.05, 4.69) is 27.6 Å². The zero-order valence-corrected chi connectivity index (χ0v) is 9.08. The van der Waals surface area contributed by atoms with E-state index in [9.17, 15) is 0 Å². The quantitative estimate of drug-likeness (QED) is 0.242. The lowest BCUT2D eigenvalue weighted by atomic mass is 10.4. The van der Waals surface area contributed by atoms with Gasteiger partial charge in [0.2, 0.25) is 5.96 Å². The van der Waals surface area contributed by atoms with Crippen LogP contribution in [-0.4, -0.2) is 43.6 Å². The molecule has 82 valence electrons. The van der Waals surface area contributed by atoms with Crippen LogP contribution in [0.15, 0.2) is 4.99 Å². The minimum absolute atomic E-state index is 0.650. The molecule has 0 aromatic carbocycles. The largest absolute Gasteiger partial charge is 0.354 e. The molecule has 0 aliphatic heterocycles. The first-order valence-corrected chi connectivity index (χ1v) is 5.23. The van der Waals surface area contributed by atoms with Crippen molar-refractivity contribution >= 4 is 5.96 Å². The van der Waals surface area contributed by atoms with E-state index < -0.39 is 0 Å². The predicted molar refractivity (Wildman–Crippen MR) is 59.0 cm³/mol. The Morgan fingerprint density at radius 3 is 2.71 bits per heavy atom. The second-order valence-corrected chi connectivity index (χ2v) is 3.50. The van der Waals surface area contributed by atoms with E-state index in [1.165, 1.54) is 12.8 Å². The van der Waals surface area contributed by atoms with E-state index in [4.69, 9.17) is 5.84 Å². The average molecular weight is 199 g/mol. The molecule has 0 saturated heterocycles. The second kappa shape index (κ2) is 5.82. The summed E-state index contributed by atoms with van der Waals surface area (Å²) in [6.45, 7) is 5.28. The fourth-order valence-electron chi connectivity index (χ4n) is 1.55. The molecule has 0 aromatic rings. The summed E-state index contributed by atoms with van der Waals surface area (Å²) in [4.78, 5) is 6.42. The van der Waals surface area contributed by atoms with Crippen molar-refractivity contribution in [3.63, 3.8) is 0 Å². The van der Waals surface area contributed by atoms with Crippen molar-refractivity contribution < 1.29 is 0 Å². The molecule has 0 atom stereocenters. The molecule has 1 saturated carbocycles. The molecule has 1 aliphatic rings. The van der Waals surface area contributed by atoms with Gasteiger partial charge in [-0.1, -0.05) is 6.92 Å². The minimum atomic E-state index is 0.650. The maximum atomic E-state index is 5.25. The molecule has 0 bridgehead atoms. The highest BCUT2D eigenvalue weighted by Gasteiger charge is 2.27. The van der Waals surface area contributed by atoms with Crippen LogP contribution in [0.2, 0.25) is 0 Å². The summed E-state index contributed by atoms with van der Waals surface area (Å²) in [5.74, 6) is 5.90. The van der Waals surface area contributed by atoms with E-state index in [0.717, 1.165) is 25.7 Å². The molecule has 0 aromatic heterocycles. The van der Waals surface area contributed by atoms with E-state index in [1.54, 1.807) is 7.05 Å². The van der Waals surface area contributed by atoms with Crippen molar-refractivity contribution in [2.75, 3.05) is 26.7 Å². The lowest BCUT2D eigenvalue weighted by Crippen LogP contribution is -2.44. The molecular formula is C9H21N5. The summed E-state index contributed by atoms with van der Waals surface area (Å²) in [6.07, 6.45) is 2.72. The van der Waals surface area contributed by atoms with Gasteiger partial charge in [-0.15, -0.1) is 0 Å². The molecule has 5 heteroatoms. The number of hydrazine groups is 1. The third-order valence-corrected chi connectivity index (χ3v) is 2.52. The Morgan fingerprint density at radius 1 is 1.57 bits per heavy atom. The minimum Gasteiger partial charge on any atom is -0.354 e. The summed E-state index contributed by atoms with van der Waals surface area (Å²) in [5.41, 5.74) is 2.51. The lowest BCUT2D eigenvalue weighted by Gasteiger charge is -2.20. The van der Waals surface area contributed by atoms with Crippen LogP contribution >= 0.6 is 0 Å². The normalized spacial score (nSPS) is 17.3. The Labute approximate surface area is 85.7 Å². The molecule has 5 nitrogen and oxygen atoms in total. The number of likely N-dealkylation sites (N-methyl/N-ethyl adjacent to an activating group) is 1. The van der Waals surface area contributed by atoms with Gasteiger partial charge in [0.05, 0.1) is 0 Å². The van der Waals surface area contributed by atoms with E-state index >= 15 is 0 Å². The van der Waals surface area contributed by atoms with Gasteiger partial charge in [-0.25, -0.2) is 5.84 Å². The highest BCUT2D eigenvalue weighted by molar-refractivity contribution is 5.78. The standard InChI is InChI=1S/C9H21N5/c1-3-14(8-4-5-8)7-6-12-9(11-2)13-10/h8H,3-7,10H2,1-2H3,(H2,11,12,13). The van der Waals surface area contributed by atoms with Gasteiger partial charge in [0.15, 0.2) is 0 Å². The molecule has 0 amide bonds. The summed E-state index contributed by atoms with van der Waals surface area (Å²) < 4.78 is 0. The fourth-order valence-corrected chi connectivity index (χ4v) is 1.55. The van der Waals surface area contributed by atoms with Crippen LogP contribution in [0.4, 0.5) is 0 Å². The Balaban J connectivity index is 2.12. The molecule has 1 rings (SSSR count). The molecule has 0 radical (unpaired) electrons. The summed E-state index contributed by atoms with van der Waals surface area (Å²) in [5, 5.41) is 3.14. The maximum Gasteiger partial charge on any atom is 0.205 e. The molecule has 14 heavy (non-hydrogen) atoms. The van der Waals surface area contributed by atoms with Gasteiger partial charge in [-0.05, 0) is 19.4 Å². The highest BCUT2D eigenvalue weighted by atomic mass is 15.3. The summed E-state index contributed by atoms with van der Waals surface area (Å²) >= 11 is 0. The number of nitrogens with one attached hydrogen (secondary N) is 2. The van der Waals surface area contributed by atoms with Gasteiger partial charge in [-0.2, -0.15) is 0 Å². The smallest absolute Gasteiger partial charge is 0.205 e. The van der Waals surface area contributed by atoms with Crippen molar-refractivity contribution in [1.82, 2.24) is 15.6 Å². The van der Waals surface area contributed by atoms with Gasteiger partial charge < -0.3 is 5.32 Å².